The summed E-state index contributed by atoms with van der Waals surface area (Å²) >= 11 is 1.39. The van der Waals surface area contributed by atoms with Gasteiger partial charge in [0.25, 0.3) is 0 Å². The number of hydrogen-bond donors (Lipinski definition) is 2. The maximum Gasteiger partial charge on any atom is 0.333 e. The molecule has 1 fully saturated rings. The number of nitrogens with one attached hydrogen (secondary N) is 1. The van der Waals surface area contributed by atoms with Crippen LogP contribution in [0.15, 0.2) is 54.0 Å². The Morgan fingerprint density at radius 1 is 1.24 bits per heavy atom. The van der Waals surface area contributed by atoms with Crippen LogP contribution in [-0.2, 0) is 14.5 Å². The molecule has 4 rings (SSSR count). The Morgan fingerprint density at radius 2 is 2.03 bits per heavy atom. The Morgan fingerprint density at radius 3 is 2.79 bits per heavy atom. The zero-order chi connectivity index (χ0) is 23.4. The van der Waals surface area contributed by atoms with E-state index in [0.717, 1.165) is 24.8 Å². The predicted octanol–water partition coefficient (Wildman–Crippen LogP) is 3.72. The summed E-state index contributed by atoms with van der Waals surface area (Å²) in [7, 11) is -3.98. The molecule has 2 heterocycles. The van der Waals surface area contributed by atoms with E-state index >= 15 is 0 Å². The maximum atomic E-state index is 13.0. The number of nitrogens with two attached hydrogens (primary N) is 1. The molecular formula is C23H26N4O4S2. The molecule has 1 aromatic carbocycles. The second kappa shape index (κ2) is 10.1. The lowest BCUT2D eigenvalue weighted by Gasteiger charge is -2.21. The summed E-state index contributed by atoms with van der Waals surface area (Å²) in [6, 6.07) is 13.7. The highest BCUT2D eigenvalue weighted by Crippen LogP contribution is 2.30. The van der Waals surface area contributed by atoms with Crippen molar-refractivity contribution in [2.24, 2.45) is 11.1 Å². The van der Waals surface area contributed by atoms with Gasteiger partial charge in [0, 0.05) is 24.1 Å². The standard InChI is InChI=1S/C23H26N4O4S2/c1-15(16-6-3-2-4-7-16)18-12-20(32-14-18)22(28)23-25-11-10-21(27-23)26-19-9-5-8-17(19)13-31-33(24,29)30/h2-4,6-7,10-12,14-15,17,19H,5,8-9,13H2,1H3,(H2,24,29,30)(H,25,26,27)/t15-,17?,19?/m0/s1. The molecule has 0 radical (unpaired) electrons. The number of thiophene rings is 1. The van der Waals surface area contributed by atoms with Crippen LogP contribution >= 0.6 is 11.3 Å². The largest absolute Gasteiger partial charge is 0.367 e. The van der Waals surface area contributed by atoms with Gasteiger partial charge in [-0.05, 0) is 41.5 Å². The zero-order valence-electron chi connectivity index (χ0n) is 18.2. The first-order valence-electron chi connectivity index (χ1n) is 10.7. The number of carbonyl (C=O) groups excluding carboxylic acids is 1. The van der Waals surface area contributed by atoms with Crippen LogP contribution in [-0.4, -0.2) is 36.8 Å². The molecule has 174 valence electrons. The number of benzene rings is 1. The van der Waals surface area contributed by atoms with Gasteiger partial charge in [0.2, 0.25) is 11.6 Å². The number of carbonyl (C=O) groups is 1. The minimum atomic E-state index is -3.98. The number of rotatable bonds is 9. The first kappa shape index (κ1) is 23.5. The number of hydrogen-bond acceptors (Lipinski definition) is 8. The van der Waals surface area contributed by atoms with Gasteiger partial charge in [-0.3, -0.25) is 8.98 Å². The van der Waals surface area contributed by atoms with E-state index in [9.17, 15) is 13.2 Å². The van der Waals surface area contributed by atoms with Gasteiger partial charge in [-0.25, -0.2) is 15.1 Å². The van der Waals surface area contributed by atoms with Crippen molar-refractivity contribution < 1.29 is 17.4 Å². The van der Waals surface area contributed by atoms with Gasteiger partial charge < -0.3 is 5.32 Å². The fourth-order valence-corrected chi connectivity index (χ4v) is 5.39. The van der Waals surface area contributed by atoms with Crippen molar-refractivity contribution in [3.63, 3.8) is 0 Å². The molecule has 0 aliphatic heterocycles. The minimum absolute atomic E-state index is 0.0169. The molecule has 3 aromatic rings. The fraction of sp³-hybridized carbons (Fsp3) is 0.348. The normalized spacial score (nSPS) is 19.3. The third-order valence-electron chi connectivity index (χ3n) is 5.94. The van der Waals surface area contributed by atoms with E-state index < -0.39 is 10.3 Å². The summed E-state index contributed by atoms with van der Waals surface area (Å²) < 4.78 is 27.0. The molecule has 33 heavy (non-hydrogen) atoms. The van der Waals surface area contributed by atoms with Gasteiger partial charge in [-0.15, -0.1) is 11.3 Å². The van der Waals surface area contributed by atoms with Crippen molar-refractivity contribution in [3.8, 4) is 0 Å². The second-order valence-corrected chi connectivity index (χ2v) is 10.3. The lowest BCUT2D eigenvalue weighted by Crippen LogP contribution is -2.30. The molecule has 1 aliphatic rings. The molecule has 3 atom stereocenters. The third-order valence-corrected chi connectivity index (χ3v) is 7.35. The maximum absolute atomic E-state index is 13.0. The van der Waals surface area contributed by atoms with E-state index in [1.165, 1.54) is 16.9 Å². The average molecular weight is 487 g/mol. The highest BCUT2D eigenvalue weighted by atomic mass is 32.2. The van der Waals surface area contributed by atoms with Gasteiger partial charge >= 0.3 is 10.3 Å². The third kappa shape index (κ3) is 6.02. The molecule has 1 aliphatic carbocycles. The minimum Gasteiger partial charge on any atom is -0.367 e. The molecule has 1 saturated carbocycles. The van der Waals surface area contributed by atoms with Crippen LogP contribution in [0.3, 0.4) is 0 Å². The van der Waals surface area contributed by atoms with Crippen LogP contribution in [0.1, 0.15) is 58.7 Å². The molecule has 0 bridgehead atoms. The van der Waals surface area contributed by atoms with Gasteiger partial charge in [0.05, 0.1) is 11.5 Å². The van der Waals surface area contributed by atoms with Crippen LogP contribution < -0.4 is 10.5 Å². The van der Waals surface area contributed by atoms with Crippen LogP contribution in [0.2, 0.25) is 0 Å². The van der Waals surface area contributed by atoms with Gasteiger partial charge in [-0.1, -0.05) is 43.7 Å². The predicted molar refractivity (Wildman–Crippen MR) is 128 cm³/mol. The molecule has 0 saturated heterocycles. The number of ketones is 1. The summed E-state index contributed by atoms with van der Waals surface area (Å²) in [6.45, 7) is 2.13. The summed E-state index contributed by atoms with van der Waals surface area (Å²) in [4.78, 5) is 22.2. The molecular weight excluding hydrogens is 460 g/mol. The lowest BCUT2D eigenvalue weighted by molar-refractivity contribution is 0.103. The van der Waals surface area contributed by atoms with Crippen molar-refractivity contribution in [1.29, 1.82) is 0 Å². The SMILES string of the molecule is C[C@@H](c1ccccc1)c1csc(C(=O)c2nccc(NC3CCCC3COS(N)(=O)=O)n2)c1. The molecule has 3 N–H and O–H groups in total. The quantitative estimate of drug-likeness (QED) is 0.442. The average Bonchev–Trinajstić information content (AvgIpc) is 3.47. The van der Waals surface area contributed by atoms with E-state index in [4.69, 9.17) is 9.32 Å². The number of anilines is 1. The molecule has 0 amide bonds. The van der Waals surface area contributed by atoms with Gasteiger partial charge in [-0.2, -0.15) is 8.42 Å². The molecule has 2 aromatic heterocycles. The zero-order valence-corrected chi connectivity index (χ0v) is 19.8. The van der Waals surface area contributed by atoms with E-state index in [0.29, 0.717) is 10.7 Å². The summed E-state index contributed by atoms with van der Waals surface area (Å²) in [6.07, 6.45) is 4.15. The number of aromatic nitrogens is 2. The topological polar surface area (TPSA) is 124 Å². The fourth-order valence-electron chi connectivity index (χ4n) is 4.09. The van der Waals surface area contributed by atoms with E-state index in [2.05, 4.69) is 34.3 Å². The first-order valence-corrected chi connectivity index (χ1v) is 13.1. The monoisotopic (exact) mass is 486 g/mol. The van der Waals surface area contributed by atoms with E-state index in [1.807, 2.05) is 29.6 Å². The van der Waals surface area contributed by atoms with E-state index in [1.54, 1.807) is 12.3 Å². The van der Waals surface area contributed by atoms with Crippen molar-refractivity contribution in [3.05, 3.63) is 75.9 Å². The van der Waals surface area contributed by atoms with Gasteiger partial charge in [0.1, 0.15) is 5.82 Å². The van der Waals surface area contributed by atoms with Crippen molar-refractivity contribution in [2.45, 2.75) is 38.1 Å². The highest BCUT2D eigenvalue weighted by Gasteiger charge is 2.29. The van der Waals surface area contributed by atoms with Crippen molar-refractivity contribution in [1.82, 2.24) is 9.97 Å². The van der Waals surface area contributed by atoms with Crippen molar-refractivity contribution >= 4 is 33.2 Å². The van der Waals surface area contributed by atoms with Crippen LogP contribution in [0.5, 0.6) is 0 Å². The Labute approximate surface area is 197 Å². The van der Waals surface area contributed by atoms with E-state index in [-0.39, 0.29) is 36.1 Å². The smallest absolute Gasteiger partial charge is 0.333 e. The lowest BCUT2D eigenvalue weighted by atomic mass is 9.95. The Hall–Kier alpha value is -2.66. The van der Waals surface area contributed by atoms with Crippen LogP contribution in [0.4, 0.5) is 5.82 Å². The second-order valence-electron chi connectivity index (χ2n) is 8.19. The molecule has 2 unspecified atom stereocenters. The molecule has 10 heteroatoms. The van der Waals surface area contributed by atoms with Crippen LogP contribution in [0.25, 0.3) is 0 Å². The summed E-state index contributed by atoms with van der Waals surface area (Å²) in [5.74, 6) is 0.579. The van der Waals surface area contributed by atoms with Crippen LogP contribution in [0, 0.1) is 5.92 Å². The molecule has 0 spiro atoms. The highest BCUT2D eigenvalue weighted by molar-refractivity contribution is 7.84. The first-order chi connectivity index (χ1) is 15.8. The summed E-state index contributed by atoms with van der Waals surface area (Å²) in [5.41, 5.74) is 2.27. The molecule has 8 nitrogen and oxygen atoms in total. The van der Waals surface area contributed by atoms with Gasteiger partial charge in [0.15, 0.2) is 0 Å². The summed E-state index contributed by atoms with van der Waals surface area (Å²) in [5, 5.41) is 10.3. The number of nitrogens with zero attached hydrogens (tertiary/aromatic N) is 2. The Balaban J connectivity index is 1.44. The van der Waals surface area contributed by atoms with Crippen molar-refractivity contribution in [2.75, 3.05) is 11.9 Å². The Kier molecular flexibility index (Phi) is 7.18. The Bertz CT molecular complexity index is 1210.